The van der Waals surface area contributed by atoms with Crippen LogP contribution < -0.4 is 4.90 Å². The number of hydrogen-bond donors (Lipinski definition) is 0. The number of ether oxygens (including phenoxy) is 1. The monoisotopic (exact) mass is 420 g/mol. The van der Waals surface area contributed by atoms with E-state index in [0.717, 1.165) is 4.31 Å². The zero-order chi connectivity index (χ0) is 21.2. The van der Waals surface area contributed by atoms with Crippen molar-refractivity contribution < 1.29 is 27.1 Å². The van der Waals surface area contributed by atoms with Crippen molar-refractivity contribution >= 4 is 27.6 Å². The molecule has 1 aliphatic heterocycles. The number of carbonyl (C=O) groups excluding carboxylic acids is 2. The molecule has 7 nitrogen and oxygen atoms in total. The minimum absolute atomic E-state index is 0.0354. The Morgan fingerprint density at radius 1 is 1.21 bits per heavy atom. The van der Waals surface area contributed by atoms with Gasteiger partial charge >= 0.3 is 5.97 Å². The average molecular weight is 420 g/mol. The molecule has 154 valence electrons. The van der Waals surface area contributed by atoms with Gasteiger partial charge in [-0.2, -0.15) is 0 Å². The van der Waals surface area contributed by atoms with E-state index in [1.54, 1.807) is 18.2 Å². The van der Waals surface area contributed by atoms with Crippen molar-refractivity contribution in [3.63, 3.8) is 0 Å². The fraction of sp³-hybridized carbons (Fsp3) is 0.300. The molecule has 29 heavy (non-hydrogen) atoms. The molecule has 0 N–H and O–H groups in total. The quantitative estimate of drug-likeness (QED) is 0.669. The predicted molar refractivity (Wildman–Crippen MR) is 104 cm³/mol. The van der Waals surface area contributed by atoms with Crippen molar-refractivity contribution in [1.82, 2.24) is 4.31 Å². The highest BCUT2D eigenvalue weighted by Crippen LogP contribution is 2.28. The highest BCUT2D eigenvalue weighted by Gasteiger charge is 2.37. The minimum Gasteiger partial charge on any atom is -0.461 e. The Balaban J connectivity index is 1.65. The second kappa shape index (κ2) is 8.30. The first-order chi connectivity index (χ1) is 13.7. The molecule has 0 bridgehead atoms. The maximum Gasteiger partial charge on any atom is 0.311 e. The molecule has 1 fully saturated rings. The molecule has 1 heterocycles. The van der Waals surface area contributed by atoms with Crippen molar-refractivity contribution in [2.75, 3.05) is 25.5 Å². The molecule has 0 aliphatic carbocycles. The van der Waals surface area contributed by atoms with Gasteiger partial charge in [0, 0.05) is 27.1 Å². The smallest absolute Gasteiger partial charge is 0.311 e. The van der Waals surface area contributed by atoms with Gasteiger partial charge in [-0.15, -0.1) is 0 Å². The number of para-hydroxylation sites is 1. The highest BCUT2D eigenvalue weighted by molar-refractivity contribution is 7.89. The van der Waals surface area contributed by atoms with E-state index >= 15 is 0 Å². The van der Waals surface area contributed by atoms with Crippen molar-refractivity contribution in [3.05, 3.63) is 59.9 Å². The summed E-state index contributed by atoms with van der Waals surface area (Å²) in [5, 5.41) is 0. The number of nitrogens with zero attached hydrogens (tertiary/aromatic N) is 2. The molecule has 3 rings (SSSR count). The van der Waals surface area contributed by atoms with Crippen molar-refractivity contribution in [1.29, 1.82) is 0 Å². The van der Waals surface area contributed by atoms with E-state index in [2.05, 4.69) is 0 Å². The lowest BCUT2D eigenvalue weighted by Crippen LogP contribution is -2.27. The third kappa shape index (κ3) is 4.46. The van der Waals surface area contributed by atoms with Crippen LogP contribution in [0, 0.1) is 11.7 Å². The van der Waals surface area contributed by atoms with Gasteiger partial charge in [-0.25, -0.2) is 17.1 Å². The largest absolute Gasteiger partial charge is 0.461 e. The molecular weight excluding hydrogens is 399 g/mol. The van der Waals surface area contributed by atoms with Crippen molar-refractivity contribution in [2.45, 2.75) is 17.9 Å². The summed E-state index contributed by atoms with van der Waals surface area (Å²) in [5.41, 5.74) is 0.644. The predicted octanol–water partition coefficient (Wildman–Crippen LogP) is 2.17. The number of benzene rings is 2. The number of hydrogen-bond acceptors (Lipinski definition) is 5. The summed E-state index contributed by atoms with van der Waals surface area (Å²) in [6.07, 6.45) is -0.0672. The second-order valence-corrected chi connectivity index (χ2v) is 9.05. The summed E-state index contributed by atoms with van der Waals surface area (Å²) in [7, 11) is -0.735. The minimum atomic E-state index is -3.60. The Labute approximate surface area is 168 Å². The van der Waals surface area contributed by atoms with Crippen molar-refractivity contribution in [2.24, 2.45) is 5.92 Å². The van der Waals surface area contributed by atoms with Crippen LogP contribution in [0.4, 0.5) is 10.1 Å². The van der Waals surface area contributed by atoms with Crippen LogP contribution in [0.1, 0.15) is 12.0 Å². The Hall–Kier alpha value is -2.78. The van der Waals surface area contributed by atoms with Crippen LogP contribution in [0.15, 0.2) is 53.4 Å². The third-order valence-electron chi connectivity index (χ3n) is 4.66. The average Bonchev–Trinajstić information content (AvgIpc) is 3.08. The molecule has 1 atom stereocenters. The number of amides is 1. The normalized spacial score (nSPS) is 17.0. The molecule has 2 aromatic carbocycles. The molecule has 9 heteroatoms. The molecule has 1 saturated heterocycles. The summed E-state index contributed by atoms with van der Waals surface area (Å²) in [4.78, 5) is 25.9. The van der Waals surface area contributed by atoms with Crippen LogP contribution in [0.3, 0.4) is 0 Å². The van der Waals surface area contributed by atoms with Crippen LogP contribution in [0.2, 0.25) is 0 Å². The van der Waals surface area contributed by atoms with Gasteiger partial charge in [0.05, 0.1) is 16.5 Å². The maximum atomic E-state index is 13.9. The fourth-order valence-electron chi connectivity index (χ4n) is 3.05. The number of rotatable bonds is 6. The summed E-state index contributed by atoms with van der Waals surface area (Å²) in [5.74, 6) is -2.18. The highest BCUT2D eigenvalue weighted by atomic mass is 32.2. The first-order valence-electron chi connectivity index (χ1n) is 8.93. The van der Waals surface area contributed by atoms with E-state index in [1.165, 1.54) is 49.3 Å². The lowest BCUT2D eigenvalue weighted by molar-refractivity contribution is -0.149. The molecule has 1 aliphatic rings. The lowest BCUT2D eigenvalue weighted by atomic mass is 10.1. The first kappa shape index (κ1) is 20.9. The Morgan fingerprint density at radius 3 is 2.62 bits per heavy atom. The van der Waals surface area contributed by atoms with Gasteiger partial charge in [-0.05, 0) is 29.8 Å². The Bertz CT molecular complexity index is 1040. The van der Waals surface area contributed by atoms with Gasteiger partial charge in [0.15, 0.2) is 0 Å². The van der Waals surface area contributed by atoms with Crippen LogP contribution in [-0.4, -0.2) is 45.2 Å². The van der Waals surface area contributed by atoms with Gasteiger partial charge in [0.1, 0.15) is 12.4 Å². The molecule has 0 saturated carbocycles. The summed E-state index contributed by atoms with van der Waals surface area (Å²) < 4.78 is 44.7. The van der Waals surface area contributed by atoms with Crippen LogP contribution in [0.25, 0.3) is 0 Å². The topological polar surface area (TPSA) is 84.0 Å². The molecule has 2 aromatic rings. The van der Waals surface area contributed by atoms with E-state index in [9.17, 15) is 22.4 Å². The third-order valence-corrected chi connectivity index (χ3v) is 6.47. The zero-order valence-corrected chi connectivity index (χ0v) is 16.9. The molecule has 0 spiro atoms. The van der Waals surface area contributed by atoms with E-state index < -0.39 is 27.7 Å². The maximum absolute atomic E-state index is 13.9. The van der Waals surface area contributed by atoms with Crippen LogP contribution in [-0.2, 0) is 31.0 Å². The van der Waals surface area contributed by atoms with Gasteiger partial charge in [0.25, 0.3) is 0 Å². The SMILES string of the molecule is CN(C)S(=O)(=O)c1cccc(COC(=O)[C@H]2CC(=O)N(c3ccccc3F)C2)c1. The van der Waals surface area contributed by atoms with Gasteiger partial charge in [-0.1, -0.05) is 24.3 Å². The van der Waals surface area contributed by atoms with Crippen molar-refractivity contribution in [3.8, 4) is 0 Å². The number of sulfonamides is 1. The summed E-state index contributed by atoms with van der Waals surface area (Å²) >= 11 is 0. The molecule has 0 aromatic heterocycles. The standard InChI is InChI=1S/C20H21FN2O5S/c1-22(2)29(26,27)16-7-5-6-14(10-16)13-28-20(25)15-11-19(24)23(12-15)18-9-4-3-8-17(18)21/h3-10,15H,11-13H2,1-2H3/t15-/m0/s1. The Morgan fingerprint density at radius 2 is 1.93 bits per heavy atom. The Kier molecular flexibility index (Phi) is 5.99. The van der Waals surface area contributed by atoms with Gasteiger partial charge in [-0.3, -0.25) is 9.59 Å². The van der Waals surface area contributed by atoms with E-state index in [1.807, 2.05) is 0 Å². The number of esters is 1. The second-order valence-electron chi connectivity index (χ2n) is 6.90. The molecular formula is C20H21FN2O5S. The number of carbonyl (C=O) groups is 2. The van der Waals surface area contributed by atoms with E-state index in [-0.39, 0.29) is 36.1 Å². The fourth-order valence-corrected chi connectivity index (χ4v) is 4.02. The number of anilines is 1. The van der Waals surface area contributed by atoms with Crippen LogP contribution >= 0.6 is 0 Å². The van der Waals surface area contributed by atoms with Crippen LogP contribution in [0.5, 0.6) is 0 Å². The molecule has 1 amide bonds. The molecule has 0 unspecified atom stereocenters. The van der Waals surface area contributed by atoms with E-state index in [0.29, 0.717) is 5.56 Å². The van der Waals surface area contributed by atoms with Gasteiger partial charge < -0.3 is 9.64 Å². The number of halogens is 1. The zero-order valence-electron chi connectivity index (χ0n) is 16.0. The van der Waals surface area contributed by atoms with E-state index in [4.69, 9.17) is 4.74 Å². The lowest BCUT2D eigenvalue weighted by Gasteiger charge is -2.17. The van der Waals surface area contributed by atoms with Gasteiger partial charge in [0.2, 0.25) is 15.9 Å². The summed E-state index contributed by atoms with van der Waals surface area (Å²) in [6.45, 7) is -0.0896. The molecule has 0 radical (unpaired) electrons. The first-order valence-corrected chi connectivity index (χ1v) is 10.4. The summed E-state index contributed by atoms with van der Waals surface area (Å²) in [6, 6.07) is 12.0.